The maximum absolute atomic E-state index is 8.93. The number of hydrogen-bond donors (Lipinski definition) is 1. The van der Waals surface area contributed by atoms with Crippen molar-refractivity contribution in [3.63, 3.8) is 0 Å². The second-order valence-corrected chi connectivity index (χ2v) is 4.39. The van der Waals surface area contributed by atoms with Crippen LogP contribution in [0.4, 0.5) is 5.69 Å². The molecular formula is C13H9Cl2N3. The van der Waals surface area contributed by atoms with Crippen molar-refractivity contribution in [3.8, 4) is 6.07 Å². The van der Waals surface area contributed by atoms with Gasteiger partial charge in [0, 0.05) is 18.3 Å². The van der Waals surface area contributed by atoms with Crippen molar-refractivity contribution in [2.45, 2.75) is 6.54 Å². The standard InChI is InChI=1S/C13H9Cl2N3/c14-10-4-1-5-11(15)13(10)18-8-9-3-2-6-17-12(9)7-16/h1-6,18H,8H2. The van der Waals surface area contributed by atoms with Gasteiger partial charge in [-0.25, -0.2) is 4.98 Å². The van der Waals surface area contributed by atoms with Crippen LogP contribution in [0.3, 0.4) is 0 Å². The fourth-order valence-electron chi connectivity index (χ4n) is 1.53. The van der Waals surface area contributed by atoms with Crippen LogP contribution >= 0.6 is 23.2 Å². The van der Waals surface area contributed by atoms with Gasteiger partial charge in [0.1, 0.15) is 11.8 Å². The predicted molar refractivity (Wildman–Crippen MR) is 72.7 cm³/mol. The van der Waals surface area contributed by atoms with E-state index in [9.17, 15) is 0 Å². The molecule has 18 heavy (non-hydrogen) atoms. The molecule has 5 heteroatoms. The van der Waals surface area contributed by atoms with Gasteiger partial charge in [0.05, 0.1) is 15.7 Å². The maximum Gasteiger partial charge on any atom is 0.145 e. The minimum atomic E-state index is 0.396. The molecule has 0 unspecified atom stereocenters. The van der Waals surface area contributed by atoms with Crippen molar-refractivity contribution < 1.29 is 0 Å². The second-order valence-electron chi connectivity index (χ2n) is 3.57. The number of aromatic nitrogens is 1. The van der Waals surface area contributed by atoms with Crippen LogP contribution in [0.25, 0.3) is 0 Å². The Balaban J connectivity index is 2.20. The van der Waals surface area contributed by atoms with E-state index >= 15 is 0 Å². The first-order valence-electron chi connectivity index (χ1n) is 5.24. The molecule has 0 spiro atoms. The number of benzene rings is 1. The SMILES string of the molecule is N#Cc1ncccc1CNc1c(Cl)cccc1Cl. The summed E-state index contributed by atoms with van der Waals surface area (Å²) in [5.74, 6) is 0. The third-order valence-corrected chi connectivity index (χ3v) is 3.05. The molecule has 0 saturated carbocycles. The molecule has 1 aromatic carbocycles. The number of halogens is 2. The zero-order valence-electron chi connectivity index (χ0n) is 9.32. The van der Waals surface area contributed by atoms with Gasteiger partial charge in [0.25, 0.3) is 0 Å². The Bertz CT molecular complexity index is 585. The van der Waals surface area contributed by atoms with Crippen LogP contribution in [0.15, 0.2) is 36.5 Å². The van der Waals surface area contributed by atoms with E-state index in [1.807, 2.05) is 12.1 Å². The highest BCUT2D eigenvalue weighted by atomic mass is 35.5. The summed E-state index contributed by atoms with van der Waals surface area (Å²) in [6.45, 7) is 0.445. The number of anilines is 1. The highest BCUT2D eigenvalue weighted by Crippen LogP contribution is 2.30. The van der Waals surface area contributed by atoms with E-state index in [4.69, 9.17) is 28.5 Å². The minimum Gasteiger partial charge on any atom is -0.378 e. The van der Waals surface area contributed by atoms with E-state index in [-0.39, 0.29) is 0 Å². The van der Waals surface area contributed by atoms with Crippen LogP contribution in [0, 0.1) is 11.3 Å². The van der Waals surface area contributed by atoms with Crippen LogP contribution in [0.5, 0.6) is 0 Å². The molecule has 1 N–H and O–H groups in total. The monoisotopic (exact) mass is 277 g/mol. The van der Waals surface area contributed by atoms with Crippen molar-refractivity contribution in [1.82, 2.24) is 4.98 Å². The molecule has 0 aliphatic rings. The van der Waals surface area contributed by atoms with Gasteiger partial charge in [0.15, 0.2) is 0 Å². The number of nitrogens with one attached hydrogen (secondary N) is 1. The number of nitrogens with zero attached hydrogens (tertiary/aromatic N) is 2. The molecule has 0 bridgehead atoms. The zero-order valence-corrected chi connectivity index (χ0v) is 10.8. The molecule has 3 nitrogen and oxygen atoms in total. The highest BCUT2D eigenvalue weighted by molar-refractivity contribution is 6.39. The molecule has 0 amide bonds. The van der Waals surface area contributed by atoms with E-state index in [2.05, 4.69) is 10.3 Å². The van der Waals surface area contributed by atoms with Gasteiger partial charge in [-0.1, -0.05) is 35.3 Å². The first-order valence-corrected chi connectivity index (χ1v) is 6.00. The number of hydrogen-bond acceptors (Lipinski definition) is 3. The number of nitriles is 1. The number of rotatable bonds is 3. The van der Waals surface area contributed by atoms with E-state index in [0.29, 0.717) is 28.0 Å². The molecule has 0 fully saturated rings. The van der Waals surface area contributed by atoms with Crippen LogP contribution in [0.1, 0.15) is 11.3 Å². The topological polar surface area (TPSA) is 48.7 Å². The van der Waals surface area contributed by atoms with Gasteiger partial charge in [0.2, 0.25) is 0 Å². The van der Waals surface area contributed by atoms with Gasteiger partial charge in [-0.15, -0.1) is 0 Å². The zero-order chi connectivity index (χ0) is 13.0. The fourth-order valence-corrected chi connectivity index (χ4v) is 2.06. The van der Waals surface area contributed by atoms with Crippen LogP contribution in [-0.4, -0.2) is 4.98 Å². The first kappa shape index (κ1) is 12.7. The van der Waals surface area contributed by atoms with Crippen molar-refractivity contribution >= 4 is 28.9 Å². The van der Waals surface area contributed by atoms with Gasteiger partial charge < -0.3 is 5.32 Å². The second kappa shape index (κ2) is 5.72. The summed E-state index contributed by atoms with van der Waals surface area (Å²) in [6.07, 6.45) is 1.59. The first-order chi connectivity index (χ1) is 8.72. The summed E-state index contributed by atoms with van der Waals surface area (Å²) < 4.78 is 0. The van der Waals surface area contributed by atoms with Crippen molar-refractivity contribution in [1.29, 1.82) is 5.26 Å². The lowest BCUT2D eigenvalue weighted by atomic mass is 10.2. The molecule has 2 rings (SSSR count). The maximum atomic E-state index is 8.93. The van der Waals surface area contributed by atoms with Crippen molar-refractivity contribution in [3.05, 3.63) is 57.8 Å². The van der Waals surface area contributed by atoms with Gasteiger partial charge >= 0.3 is 0 Å². The highest BCUT2D eigenvalue weighted by Gasteiger charge is 2.06. The van der Waals surface area contributed by atoms with E-state index < -0.39 is 0 Å². The van der Waals surface area contributed by atoms with Crippen LogP contribution in [0.2, 0.25) is 10.0 Å². The average molecular weight is 278 g/mol. The summed E-state index contributed by atoms with van der Waals surface area (Å²) >= 11 is 12.1. The molecule has 0 radical (unpaired) electrons. The Hall–Kier alpha value is -1.76. The third-order valence-electron chi connectivity index (χ3n) is 2.42. The molecule has 2 aromatic rings. The van der Waals surface area contributed by atoms with Crippen molar-refractivity contribution in [2.75, 3.05) is 5.32 Å². The smallest absolute Gasteiger partial charge is 0.145 e. The summed E-state index contributed by atoms with van der Waals surface area (Å²) in [5, 5.41) is 13.1. The summed E-state index contributed by atoms with van der Waals surface area (Å²) in [5.41, 5.74) is 1.86. The summed E-state index contributed by atoms with van der Waals surface area (Å²) in [4.78, 5) is 3.99. The fraction of sp³-hybridized carbons (Fsp3) is 0.0769. The lowest BCUT2D eigenvalue weighted by molar-refractivity contribution is 1.09. The third kappa shape index (κ3) is 2.73. The van der Waals surface area contributed by atoms with E-state index in [1.54, 1.807) is 30.5 Å². The van der Waals surface area contributed by atoms with Crippen LogP contribution < -0.4 is 5.32 Å². The quantitative estimate of drug-likeness (QED) is 0.927. The number of para-hydroxylation sites is 1. The van der Waals surface area contributed by atoms with Gasteiger partial charge in [-0.05, 0) is 18.2 Å². The summed E-state index contributed by atoms with van der Waals surface area (Å²) in [7, 11) is 0. The molecule has 90 valence electrons. The Morgan fingerprint density at radius 2 is 1.89 bits per heavy atom. The molecule has 1 heterocycles. The van der Waals surface area contributed by atoms with E-state index in [1.165, 1.54) is 0 Å². The van der Waals surface area contributed by atoms with Gasteiger partial charge in [-0.3, -0.25) is 0 Å². The number of pyridine rings is 1. The molecule has 0 saturated heterocycles. The normalized spacial score (nSPS) is 9.83. The average Bonchev–Trinajstić information content (AvgIpc) is 2.38. The lowest BCUT2D eigenvalue weighted by Crippen LogP contribution is -2.03. The molecule has 0 atom stereocenters. The molecule has 1 aromatic heterocycles. The molecule has 0 aliphatic carbocycles. The Morgan fingerprint density at radius 3 is 2.56 bits per heavy atom. The van der Waals surface area contributed by atoms with Gasteiger partial charge in [-0.2, -0.15) is 5.26 Å². The van der Waals surface area contributed by atoms with Crippen molar-refractivity contribution in [2.24, 2.45) is 0 Å². The Kier molecular flexibility index (Phi) is 4.03. The molecule has 0 aliphatic heterocycles. The minimum absolute atomic E-state index is 0.396. The Morgan fingerprint density at radius 1 is 1.17 bits per heavy atom. The predicted octanol–water partition coefficient (Wildman–Crippen LogP) is 3.87. The molecular weight excluding hydrogens is 269 g/mol. The largest absolute Gasteiger partial charge is 0.378 e. The summed E-state index contributed by atoms with van der Waals surface area (Å²) in [6, 6.07) is 11.0. The Labute approximate surface area is 115 Å². The lowest BCUT2D eigenvalue weighted by Gasteiger charge is -2.10. The van der Waals surface area contributed by atoms with E-state index in [0.717, 1.165) is 5.56 Å². The van der Waals surface area contributed by atoms with Crippen LogP contribution in [-0.2, 0) is 6.54 Å².